The van der Waals surface area contributed by atoms with Crippen LogP contribution in [-0.4, -0.2) is 11.7 Å². The van der Waals surface area contributed by atoms with Crippen LogP contribution in [0.15, 0.2) is 18.2 Å². The number of rotatable bonds is 3. The molecule has 5 heteroatoms. The first kappa shape index (κ1) is 11.7. The largest absolute Gasteiger partial charge is 0.309 e. The summed E-state index contributed by atoms with van der Waals surface area (Å²) in [5.41, 5.74) is -1.18. The second-order valence-electron chi connectivity index (χ2n) is 2.98. The Bertz CT molecular complexity index is 367. The molecule has 0 bridgehead atoms. The molecule has 1 aromatic rings. The minimum atomic E-state index is -3.73. The zero-order valence-corrected chi connectivity index (χ0v) is 7.86. The van der Waals surface area contributed by atoms with E-state index >= 15 is 0 Å². The van der Waals surface area contributed by atoms with Crippen molar-refractivity contribution in [3.05, 3.63) is 35.4 Å². The molecule has 1 rings (SSSR count). The van der Waals surface area contributed by atoms with Crippen LogP contribution in [-0.2, 0) is 0 Å². The maximum atomic E-state index is 13.0. The molecule has 1 aromatic carbocycles. The average Bonchev–Trinajstić information content (AvgIpc) is 2.17. The van der Waals surface area contributed by atoms with E-state index < -0.39 is 35.3 Å². The second-order valence-corrected chi connectivity index (χ2v) is 2.98. The molecule has 0 fully saturated rings. The van der Waals surface area contributed by atoms with Crippen LogP contribution in [0.3, 0.4) is 0 Å². The van der Waals surface area contributed by atoms with E-state index in [1.54, 1.807) is 0 Å². The maximum absolute atomic E-state index is 13.0. The van der Waals surface area contributed by atoms with Crippen LogP contribution < -0.4 is 0 Å². The lowest BCUT2D eigenvalue weighted by molar-refractivity contribution is 0.00723. The van der Waals surface area contributed by atoms with Crippen molar-refractivity contribution in [2.24, 2.45) is 0 Å². The molecule has 0 spiro atoms. The van der Waals surface area contributed by atoms with Crippen molar-refractivity contribution in [3.8, 4) is 0 Å². The molecule has 0 amide bonds. The lowest BCUT2D eigenvalue weighted by Crippen LogP contribution is -2.29. The Morgan fingerprint density at radius 1 is 1.27 bits per heavy atom. The van der Waals surface area contributed by atoms with Crippen LogP contribution in [0.2, 0.25) is 0 Å². The van der Waals surface area contributed by atoms with Gasteiger partial charge in [0.05, 0.1) is 5.56 Å². The molecule has 82 valence electrons. The highest BCUT2D eigenvalue weighted by Gasteiger charge is 2.39. The summed E-state index contributed by atoms with van der Waals surface area (Å²) in [6, 6.07) is 2.54. The van der Waals surface area contributed by atoms with Crippen LogP contribution in [0.4, 0.5) is 17.6 Å². The van der Waals surface area contributed by atoms with Gasteiger partial charge in [0.1, 0.15) is 11.6 Å². The van der Waals surface area contributed by atoms with Gasteiger partial charge in [0, 0.05) is 6.42 Å². The van der Waals surface area contributed by atoms with Gasteiger partial charge in [-0.3, -0.25) is 4.79 Å². The number of Topliss-reactive ketones (excluding diaryl/α,β-unsaturated/α-hetero) is 1. The molecule has 0 heterocycles. The van der Waals surface area contributed by atoms with Gasteiger partial charge in [-0.15, -0.1) is 0 Å². The average molecular weight is 220 g/mol. The third-order valence-electron chi connectivity index (χ3n) is 1.97. The lowest BCUT2D eigenvalue weighted by Gasteiger charge is -2.13. The van der Waals surface area contributed by atoms with Crippen molar-refractivity contribution in [1.82, 2.24) is 0 Å². The molecule has 0 aliphatic carbocycles. The fourth-order valence-corrected chi connectivity index (χ4v) is 1.06. The first-order valence-corrected chi connectivity index (χ1v) is 4.26. The van der Waals surface area contributed by atoms with E-state index in [0.717, 1.165) is 25.1 Å². The van der Waals surface area contributed by atoms with Gasteiger partial charge in [-0.25, -0.2) is 8.78 Å². The van der Waals surface area contributed by atoms with Crippen LogP contribution >= 0.6 is 0 Å². The van der Waals surface area contributed by atoms with E-state index in [0.29, 0.717) is 0 Å². The van der Waals surface area contributed by atoms with E-state index in [-0.39, 0.29) is 0 Å². The zero-order chi connectivity index (χ0) is 11.6. The summed E-state index contributed by atoms with van der Waals surface area (Å²) in [7, 11) is 0. The number of ketones is 1. The van der Waals surface area contributed by atoms with Gasteiger partial charge in [0.25, 0.3) is 0 Å². The number of hydrogen-bond acceptors (Lipinski definition) is 1. The minimum Gasteiger partial charge on any atom is -0.287 e. The van der Waals surface area contributed by atoms with Gasteiger partial charge in [0.2, 0.25) is 5.78 Å². The Morgan fingerprint density at radius 2 is 1.73 bits per heavy atom. The van der Waals surface area contributed by atoms with Gasteiger partial charge >= 0.3 is 5.92 Å². The first-order chi connectivity index (χ1) is 6.90. The second kappa shape index (κ2) is 4.00. The van der Waals surface area contributed by atoms with Crippen molar-refractivity contribution in [2.45, 2.75) is 19.3 Å². The highest BCUT2D eigenvalue weighted by molar-refractivity contribution is 6.01. The van der Waals surface area contributed by atoms with E-state index in [2.05, 4.69) is 0 Å². The summed E-state index contributed by atoms with van der Waals surface area (Å²) in [5.74, 6) is -8.09. The molecule has 0 aliphatic heterocycles. The number of carbonyl (C=O) groups is 1. The van der Waals surface area contributed by atoms with Crippen molar-refractivity contribution >= 4 is 5.78 Å². The van der Waals surface area contributed by atoms with E-state index in [1.807, 2.05) is 0 Å². The highest BCUT2D eigenvalue weighted by Crippen LogP contribution is 2.26. The molecule has 0 saturated carbocycles. The van der Waals surface area contributed by atoms with Gasteiger partial charge in [0.15, 0.2) is 0 Å². The summed E-state index contributed by atoms with van der Waals surface area (Å²) >= 11 is 0. The SMILES string of the molecule is CCC(F)(F)C(=O)c1c(F)cccc1F. The van der Waals surface area contributed by atoms with Gasteiger partial charge < -0.3 is 0 Å². The van der Waals surface area contributed by atoms with Gasteiger partial charge in [-0.2, -0.15) is 8.78 Å². The van der Waals surface area contributed by atoms with Crippen LogP contribution in [0.1, 0.15) is 23.7 Å². The molecule has 0 N–H and O–H groups in total. The Hall–Kier alpha value is -1.39. The number of alkyl halides is 2. The minimum absolute atomic E-state index is 0.766. The number of halogens is 4. The quantitative estimate of drug-likeness (QED) is 0.564. The summed E-state index contributed by atoms with van der Waals surface area (Å²) in [6.45, 7) is 1.07. The Balaban J connectivity index is 3.23. The van der Waals surface area contributed by atoms with E-state index in [1.165, 1.54) is 0 Å². The third-order valence-corrected chi connectivity index (χ3v) is 1.97. The van der Waals surface area contributed by atoms with Crippen LogP contribution in [0.25, 0.3) is 0 Å². The lowest BCUT2D eigenvalue weighted by atomic mass is 10.0. The molecular weight excluding hydrogens is 212 g/mol. The summed E-state index contributed by atoms with van der Waals surface area (Å²) in [5, 5.41) is 0. The summed E-state index contributed by atoms with van der Waals surface area (Å²) < 4.78 is 51.8. The summed E-state index contributed by atoms with van der Waals surface area (Å²) in [4.78, 5) is 11.1. The van der Waals surface area contributed by atoms with Crippen molar-refractivity contribution in [3.63, 3.8) is 0 Å². The van der Waals surface area contributed by atoms with Gasteiger partial charge in [-0.1, -0.05) is 13.0 Å². The fourth-order valence-electron chi connectivity index (χ4n) is 1.06. The van der Waals surface area contributed by atoms with Crippen molar-refractivity contribution in [1.29, 1.82) is 0 Å². The number of carbonyl (C=O) groups excluding carboxylic acids is 1. The zero-order valence-electron chi connectivity index (χ0n) is 7.86. The molecule has 0 aliphatic rings. The highest BCUT2D eigenvalue weighted by atomic mass is 19.3. The standard InChI is InChI=1S/C10H8F4O/c1-2-10(13,14)9(15)8-6(11)4-3-5-7(8)12/h3-5H,2H2,1H3. The molecule has 0 radical (unpaired) electrons. The van der Waals surface area contributed by atoms with Crippen molar-refractivity contribution in [2.75, 3.05) is 0 Å². The van der Waals surface area contributed by atoms with Gasteiger partial charge in [-0.05, 0) is 12.1 Å². The normalized spacial score (nSPS) is 11.5. The first-order valence-electron chi connectivity index (χ1n) is 4.26. The topological polar surface area (TPSA) is 17.1 Å². The fraction of sp³-hybridized carbons (Fsp3) is 0.300. The molecule has 0 unspecified atom stereocenters. The molecular formula is C10H8F4O. The molecule has 0 aromatic heterocycles. The molecule has 1 nitrogen and oxygen atoms in total. The van der Waals surface area contributed by atoms with E-state index in [9.17, 15) is 22.4 Å². The van der Waals surface area contributed by atoms with E-state index in [4.69, 9.17) is 0 Å². The van der Waals surface area contributed by atoms with Crippen LogP contribution in [0, 0.1) is 11.6 Å². The smallest absolute Gasteiger partial charge is 0.287 e. The third kappa shape index (κ3) is 2.16. The molecule has 0 saturated heterocycles. The predicted molar refractivity (Wildman–Crippen MR) is 45.9 cm³/mol. The number of benzene rings is 1. The monoisotopic (exact) mass is 220 g/mol. The maximum Gasteiger partial charge on any atom is 0.309 e. The van der Waals surface area contributed by atoms with Crippen LogP contribution in [0.5, 0.6) is 0 Å². The summed E-state index contributed by atoms with van der Waals surface area (Å²) in [6.07, 6.45) is -0.792. The Morgan fingerprint density at radius 3 is 2.13 bits per heavy atom. The Labute approximate surface area is 83.7 Å². The Kier molecular flexibility index (Phi) is 3.12. The molecule has 0 atom stereocenters. The number of hydrogen-bond donors (Lipinski definition) is 0. The van der Waals surface area contributed by atoms with Crippen molar-refractivity contribution < 1.29 is 22.4 Å². The molecule has 15 heavy (non-hydrogen) atoms. The predicted octanol–water partition coefficient (Wildman–Crippen LogP) is 3.19.